The second kappa shape index (κ2) is 15.3. The van der Waals surface area contributed by atoms with Gasteiger partial charge in [0.25, 0.3) is 11.4 Å². The maximum Gasteiger partial charge on any atom is 0.416 e. The van der Waals surface area contributed by atoms with E-state index in [-0.39, 0.29) is 56.6 Å². The summed E-state index contributed by atoms with van der Waals surface area (Å²) in [5.41, 5.74) is -4.45. The fourth-order valence-electron chi connectivity index (χ4n) is 3.50. The lowest BCUT2D eigenvalue weighted by Crippen LogP contribution is -2.29. The fraction of sp³-hybridized carbons (Fsp3) is 0.500. The number of ether oxygens (including phenoxy) is 6. The number of nitrogens with zero attached hydrogens (tertiary/aromatic N) is 2. The first kappa shape index (κ1) is 31.0. The minimum Gasteiger partial charge on any atom is -0.489 e. The highest BCUT2D eigenvalue weighted by Gasteiger charge is 2.38. The zero-order valence-corrected chi connectivity index (χ0v) is 21.2. The molecule has 1 aliphatic heterocycles. The van der Waals surface area contributed by atoms with E-state index in [4.69, 9.17) is 28.4 Å². The van der Waals surface area contributed by atoms with E-state index in [0.717, 1.165) is 0 Å². The summed E-state index contributed by atoms with van der Waals surface area (Å²) in [7, 11) is 0. The predicted molar refractivity (Wildman–Crippen MR) is 133 cm³/mol. The van der Waals surface area contributed by atoms with Gasteiger partial charge in [-0.3, -0.25) is 20.2 Å². The van der Waals surface area contributed by atoms with E-state index in [2.05, 4.69) is 5.32 Å². The van der Waals surface area contributed by atoms with Crippen molar-refractivity contribution in [2.45, 2.75) is 12.3 Å². The zero-order chi connectivity index (χ0) is 29.0. The van der Waals surface area contributed by atoms with Crippen LogP contribution < -0.4 is 10.1 Å². The summed E-state index contributed by atoms with van der Waals surface area (Å²) in [6.07, 6.45) is -5.61. The van der Waals surface area contributed by atoms with Gasteiger partial charge in [-0.1, -0.05) is 12.1 Å². The third-order valence-corrected chi connectivity index (χ3v) is 5.39. The third-order valence-electron chi connectivity index (χ3n) is 5.39. The van der Waals surface area contributed by atoms with Crippen LogP contribution in [0.4, 0.5) is 35.9 Å². The van der Waals surface area contributed by atoms with Crippen molar-refractivity contribution in [2.75, 3.05) is 71.4 Å². The van der Waals surface area contributed by atoms with Crippen molar-refractivity contribution in [1.82, 2.24) is 0 Å². The van der Waals surface area contributed by atoms with Crippen molar-refractivity contribution in [3.63, 3.8) is 0 Å². The van der Waals surface area contributed by atoms with Crippen LogP contribution in [0.3, 0.4) is 0 Å². The second-order valence-electron chi connectivity index (χ2n) is 8.24. The Hall–Kier alpha value is -3.57. The number of hydrogen-bond donors (Lipinski definition) is 1. The van der Waals surface area contributed by atoms with E-state index in [1.165, 1.54) is 18.2 Å². The van der Waals surface area contributed by atoms with Crippen LogP contribution in [0.15, 0.2) is 36.4 Å². The van der Waals surface area contributed by atoms with Crippen LogP contribution in [0.25, 0.3) is 0 Å². The average Bonchev–Trinajstić information content (AvgIpc) is 2.91. The van der Waals surface area contributed by atoms with E-state index in [1.807, 2.05) is 0 Å². The molecule has 16 heteroatoms. The molecule has 0 radical (unpaired) electrons. The molecule has 1 heterocycles. The number of nitrogens with one attached hydrogen (secondary N) is 1. The summed E-state index contributed by atoms with van der Waals surface area (Å²) < 4.78 is 73.1. The number of halogens is 3. The highest BCUT2D eigenvalue weighted by molar-refractivity contribution is 5.81. The molecule has 0 amide bonds. The van der Waals surface area contributed by atoms with Gasteiger partial charge in [0.15, 0.2) is 5.69 Å². The van der Waals surface area contributed by atoms with Crippen LogP contribution in [-0.4, -0.2) is 82.0 Å². The largest absolute Gasteiger partial charge is 0.489 e. The van der Waals surface area contributed by atoms with Crippen molar-refractivity contribution in [3.8, 4) is 5.75 Å². The molecule has 1 aliphatic rings. The quantitative estimate of drug-likeness (QED) is 0.375. The molecule has 3 rings (SSSR count). The zero-order valence-electron chi connectivity index (χ0n) is 21.2. The number of nitro groups is 2. The number of alkyl halides is 3. The molecule has 1 unspecified atom stereocenters. The molecule has 0 spiro atoms. The molecule has 1 saturated heterocycles. The Morgan fingerprint density at radius 2 is 1.38 bits per heavy atom. The number of rotatable bonds is 7. The minimum absolute atomic E-state index is 0.0447. The molecule has 0 saturated carbocycles. The molecule has 0 bridgehead atoms. The molecule has 13 nitrogen and oxygen atoms in total. The second-order valence-corrected chi connectivity index (χ2v) is 8.24. The Kier molecular flexibility index (Phi) is 11.8. The van der Waals surface area contributed by atoms with Gasteiger partial charge < -0.3 is 33.7 Å². The van der Waals surface area contributed by atoms with Gasteiger partial charge in [-0.05, 0) is 12.1 Å². The molecule has 40 heavy (non-hydrogen) atoms. The van der Waals surface area contributed by atoms with Gasteiger partial charge in [-0.25, -0.2) is 0 Å². The monoisotopic (exact) mass is 575 g/mol. The molecule has 1 fully saturated rings. The molecule has 220 valence electrons. The summed E-state index contributed by atoms with van der Waals surface area (Å²) in [6.45, 7) is 2.83. The minimum atomic E-state index is -5.03. The van der Waals surface area contributed by atoms with Crippen LogP contribution in [0.1, 0.15) is 5.56 Å². The van der Waals surface area contributed by atoms with Gasteiger partial charge in [0.2, 0.25) is 0 Å². The Morgan fingerprint density at radius 1 is 0.850 bits per heavy atom. The number of hydrogen-bond acceptors (Lipinski definition) is 11. The van der Waals surface area contributed by atoms with Gasteiger partial charge in [-0.2, -0.15) is 13.2 Å². The van der Waals surface area contributed by atoms with E-state index < -0.39 is 44.8 Å². The predicted octanol–water partition coefficient (Wildman–Crippen LogP) is 4.11. The Morgan fingerprint density at radius 3 is 1.93 bits per heavy atom. The normalized spacial score (nSPS) is 18.2. The van der Waals surface area contributed by atoms with Gasteiger partial charge >= 0.3 is 6.18 Å². The molecule has 2 aromatic carbocycles. The van der Waals surface area contributed by atoms with Crippen LogP contribution in [0.5, 0.6) is 5.75 Å². The van der Waals surface area contributed by atoms with Gasteiger partial charge in [0.1, 0.15) is 18.5 Å². The molecule has 0 aliphatic carbocycles. The van der Waals surface area contributed by atoms with E-state index in [9.17, 15) is 33.4 Å². The molecule has 0 aromatic heterocycles. The molecular formula is C24H28F3N3O10. The van der Waals surface area contributed by atoms with Crippen LogP contribution >= 0.6 is 0 Å². The lowest BCUT2D eigenvalue weighted by atomic mass is 10.1. The van der Waals surface area contributed by atoms with E-state index in [0.29, 0.717) is 33.0 Å². The molecular weight excluding hydrogens is 547 g/mol. The molecule has 2 aromatic rings. The van der Waals surface area contributed by atoms with Crippen molar-refractivity contribution >= 4 is 22.7 Å². The van der Waals surface area contributed by atoms with Crippen molar-refractivity contribution in [1.29, 1.82) is 0 Å². The molecule has 1 atom stereocenters. The average molecular weight is 575 g/mol. The summed E-state index contributed by atoms with van der Waals surface area (Å²) in [4.78, 5) is 20.9. The van der Waals surface area contributed by atoms with Crippen molar-refractivity contribution in [2.24, 2.45) is 0 Å². The van der Waals surface area contributed by atoms with Gasteiger partial charge in [0, 0.05) is 12.1 Å². The van der Waals surface area contributed by atoms with Gasteiger partial charge in [-0.15, -0.1) is 0 Å². The van der Waals surface area contributed by atoms with Crippen molar-refractivity contribution in [3.05, 3.63) is 62.2 Å². The maximum absolute atomic E-state index is 13.2. The van der Waals surface area contributed by atoms with E-state index >= 15 is 0 Å². The van der Waals surface area contributed by atoms with Crippen molar-refractivity contribution < 1.29 is 51.4 Å². The lowest BCUT2D eigenvalue weighted by Gasteiger charge is -2.20. The number of nitro benzene ring substituents is 2. The van der Waals surface area contributed by atoms with Crippen LogP contribution in [0.2, 0.25) is 0 Å². The first-order valence-electron chi connectivity index (χ1n) is 12.1. The van der Waals surface area contributed by atoms with Crippen LogP contribution in [-0.2, 0) is 29.9 Å². The van der Waals surface area contributed by atoms with Gasteiger partial charge in [0.05, 0.1) is 80.6 Å². The Labute approximate surface area is 226 Å². The number of para-hydroxylation sites is 2. The molecule has 1 N–H and O–H groups in total. The smallest absolute Gasteiger partial charge is 0.416 e. The van der Waals surface area contributed by atoms with E-state index in [1.54, 1.807) is 6.07 Å². The summed E-state index contributed by atoms with van der Waals surface area (Å²) in [6, 6.07) is 6.45. The summed E-state index contributed by atoms with van der Waals surface area (Å²) in [5.74, 6) is 0.113. The lowest BCUT2D eigenvalue weighted by molar-refractivity contribution is -0.392. The summed E-state index contributed by atoms with van der Waals surface area (Å²) >= 11 is 0. The first-order chi connectivity index (χ1) is 19.2. The SMILES string of the molecule is O=[N+]([O-])c1cc(C(F)(F)F)cc([N+](=O)[O-])c1Nc1ccccc1OCC1COCCOCCOCCOCCO1. The third kappa shape index (κ3) is 9.56. The first-order valence-corrected chi connectivity index (χ1v) is 12.1. The number of benzene rings is 2. The van der Waals surface area contributed by atoms with Crippen LogP contribution in [0, 0.1) is 20.2 Å². The fourth-order valence-corrected chi connectivity index (χ4v) is 3.50. The Balaban J connectivity index is 1.78. The maximum atomic E-state index is 13.2. The highest BCUT2D eigenvalue weighted by atomic mass is 19.4. The summed E-state index contributed by atoms with van der Waals surface area (Å²) in [5, 5.41) is 25.7. The number of anilines is 2. The Bertz CT molecular complexity index is 1080. The topological polar surface area (TPSA) is 154 Å². The standard InChI is InChI=1S/C24H28F3N3O10/c25-24(26,27)17-13-20(29(31)32)23(21(14-17)30(33)34)28-19-3-1-2-4-22(19)40-16-18-15-38-10-9-36-6-5-35-7-8-37-11-12-39-18/h1-4,13-14,18,28H,5-12,15-16H2. The highest BCUT2D eigenvalue weighted by Crippen LogP contribution is 2.43.